The van der Waals surface area contributed by atoms with Gasteiger partial charge in [-0.15, -0.1) is 0 Å². The van der Waals surface area contributed by atoms with Crippen molar-refractivity contribution in [3.05, 3.63) is 82.8 Å². The predicted octanol–water partition coefficient (Wildman–Crippen LogP) is 4.92. The number of nitrogens with zero attached hydrogens (tertiary/aromatic N) is 1. The van der Waals surface area contributed by atoms with Crippen LogP contribution in [0.1, 0.15) is 11.1 Å². The minimum atomic E-state index is -2.91. The second kappa shape index (κ2) is 9.46. The number of hydrogen-bond donors (Lipinski definition) is 1. The number of carbonyl (C=O) groups excluding carboxylic acids is 2. The Bertz CT molecular complexity index is 1220. The number of fused-ring (bicyclic) bond motifs is 1. The number of ether oxygens (including phenoxy) is 1. The summed E-state index contributed by atoms with van der Waals surface area (Å²) in [6.07, 6.45) is 1.66. The maximum atomic E-state index is 12.7. The van der Waals surface area contributed by atoms with E-state index in [1.807, 2.05) is 42.5 Å². The molecule has 1 aliphatic heterocycles. The second-order valence-electron chi connectivity index (χ2n) is 6.81. The van der Waals surface area contributed by atoms with Crippen molar-refractivity contribution < 1.29 is 23.1 Å². The fourth-order valence-electron chi connectivity index (χ4n) is 3.24. The Morgan fingerprint density at radius 1 is 1.09 bits per heavy atom. The highest BCUT2D eigenvalue weighted by atomic mass is 32.2. The molecule has 0 bridgehead atoms. The van der Waals surface area contributed by atoms with Crippen LogP contribution in [0.15, 0.2) is 71.6 Å². The van der Waals surface area contributed by atoms with Crippen LogP contribution in [0.2, 0.25) is 0 Å². The quantitative estimate of drug-likeness (QED) is 0.410. The third-order valence-electron chi connectivity index (χ3n) is 4.66. The smallest absolute Gasteiger partial charge is 0.387 e. The Hall–Kier alpha value is -3.30. The molecule has 0 aromatic heterocycles. The van der Waals surface area contributed by atoms with E-state index in [1.54, 1.807) is 18.2 Å². The molecule has 0 radical (unpaired) electrons. The summed E-state index contributed by atoms with van der Waals surface area (Å²) < 4.78 is 29.0. The molecule has 1 saturated heterocycles. The van der Waals surface area contributed by atoms with Gasteiger partial charge in [0.25, 0.3) is 5.91 Å². The second-order valence-corrected chi connectivity index (χ2v) is 8.49. The van der Waals surface area contributed by atoms with Gasteiger partial charge in [0.15, 0.2) is 4.32 Å². The summed E-state index contributed by atoms with van der Waals surface area (Å²) in [4.78, 5) is 25.7. The first kappa shape index (κ1) is 21.9. The first-order valence-corrected chi connectivity index (χ1v) is 10.7. The zero-order valence-corrected chi connectivity index (χ0v) is 18.1. The van der Waals surface area contributed by atoms with E-state index in [-0.39, 0.29) is 22.4 Å². The summed E-state index contributed by atoms with van der Waals surface area (Å²) >= 11 is 6.29. The van der Waals surface area contributed by atoms with Crippen LogP contribution in [-0.2, 0) is 16.0 Å². The Morgan fingerprint density at radius 3 is 2.56 bits per heavy atom. The number of rotatable bonds is 6. The molecule has 1 heterocycles. The molecule has 0 aliphatic carbocycles. The Morgan fingerprint density at radius 2 is 1.81 bits per heavy atom. The van der Waals surface area contributed by atoms with E-state index >= 15 is 0 Å². The van der Waals surface area contributed by atoms with Crippen molar-refractivity contribution in [2.24, 2.45) is 0 Å². The lowest BCUT2D eigenvalue weighted by Crippen LogP contribution is -2.45. The normalized spacial score (nSPS) is 15.1. The fraction of sp³-hybridized carbons (Fsp3) is 0.0870. The van der Waals surface area contributed by atoms with E-state index in [1.165, 1.54) is 12.1 Å². The Labute approximate surface area is 192 Å². The molecule has 0 unspecified atom stereocenters. The molecule has 32 heavy (non-hydrogen) atoms. The number of nitrogens with one attached hydrogen (secondary N) is 1. The first-order chi connectivity index (χ1) is 15.4. The predicted molar refractivity (Wildman–Crippen MR) is 124 cm³/mol. The summed E-state index contributed by atoms with van der Waals surface area (Å²) in [5, 5.41) is 3.04. The average Bonchev–Trinajstić information content (AvgIpc) is 3.02. The van der Waals surface area contributed by atoms with E-state index in [9.17, 15) is 18.4 Å². The van der Waals surface area contributed by atoms with Crippen molar-refractivity contribution in [2.75, 3.05) is 0 Å². The highest BCUT2D eigenvalue weighted by Crippen LogP contribution is 2.32. The third-order valence-corrected chi connectivity index (χ3v) is 5.97. The standard InChI is InChI=1S/C23H16F2N2O3S2/c24-22(25)30-17-10-8-14(9-11-17)12-19-21(29)27(23(31)32-19)26-20(28)13-16-6-3-5-15-4-1-2-7-18(15)16/h1-12,22H,13H2,(H,26,28)/b19-12+. The van der Waals surface area contributed by atoms with Crippen molar-refractivity contribution in [1.82, 2.24) is 10.4 Å². The van der Waals surface area contributed by atoms with E-state index in [0.717, 1.165) is 33.1 Å². The topological polar surface area (TPSA) is 58.6 Å². The first-order valence-electron chi connectivity index (χ1n) is 9.49. The van der Waals surface area contributed by atoms with E-state index in [0.29, 0.717) is 10.5 Å². The Balaban J connectivity index is 1.44. The minimum Gasteiger partial charge on any atom is -0.435 e. The van der Waals surface area contributed by atoms with Gasteiger partial charge in [-0.1, -0.05) is 66.4 Å². The van der Waals surface area contributed by atoms with Crippen LogP contribution in [-0.4, -0.2) is 27.8 Å². The molecular weight excluding hydrogens is 454 g/mol. The molecule has 0 saturated carbocycles. The highest BCUT2D eigenvalue weighted by Gasteiger charge is 2.33. The molecule has 1 aliphatic rings. The van der Waals surface area contributed by atoms with Gasteiger partial charge in [0.05, 0.1) is 11.3 Å². The zero-order valence-electron chi connectivity index (χ0n) is 16.5. The number of benzene rings is 3. The fourth-order valence-corrected chi connectivity index (χ4v) is 4.42. The number of thioether (sulfide) groups is 1. The van der Waals surface area contributed by atoms with Crippen LogP contribution in [0.4, 0.5) is 8.78 Å². The summed E-state index contributed by atoms with van der Waals surface area (Å²) in [7, 11) is 0. The van der Waals surface area contributed by atoms with Gasteiger partial charge in [-0.05, 0) is 52.3 Å². The molecule has 1 N–H and O–H groups in total. The van der Waals surface area contributed by atoms with Crippen LogP contribution in [0.5, 0.6) is 5.75 Å². The average molecular weight is 471 g/mol. The van der Waals surface area contributed by atoms with Crippen molar-refractivity contribution in [2.45, 2.75) is 13.0 Å². The van der Waals surface area contributed by atoms with Crippen LogP contribution >= 0.6 is 24.0 Å². The molecule has 4 rings (SSSR count). The van der Waals surface area contributed by atoms with Gasteiger partial charge in [0, 0.05) is 0 Å². The zero-order chi connectivity index (χ0) is 22.7. The molecule has 3 aromatic rings. The van der Waals surface area contributed by atoms with Crippen LogP contribution < -0.4 is 10.2 Å². The van der Waals surface area contributed by atoms with Gasteiger partial charge >= 0.3 is 6.61 Å². The monoisotopic (exact) mass is 470 g/mol. The number of hydrazine groups is 1. The van der Waals surface area contributed by atoms with Crippen LogP contribution in [0.3, 0.4) is 0 Å². The molecule has 9 heteroatoms. The lowest BCUT2D eigenvalue weighted by molar-refractivity contribution is -0.132. The lowest BCUT2D eigenvalue weighted by Gasteiger charge is -2.16. The Kier molecular flexibility index (Phi) is 6.48. The van der Waals surface area contributed by atoms with E-state index < -0.39 is 12.5 Å². The summed E-state index contributed by atoms with van der Waals surface area (Å²) in [5.74, 6) is -0.808. The van der Waals surface area contributed by atoms with Crippen LogP contribution in [0.25, 0.3) is 16.8 Å². The van der Waals surface area contributed by atoms with Crippen LogP contribution in [0, 0.1) is 0 Å². The van der Waals surface area contributed by atoms with Gasteiger partial charge in [-0.3, -0.25) is 15.0 Å². The maximum absolute atomic E-state index is 12.7. The molecule has 0 spiro atoms. The molecule has 0 atom stereocenters. The van der Waals surface area contributed by atoms with Gasteiger partial charge in [-0.25, -0.2) is 0 Å². The molecule has 2 amide bonds. The van der Waals surface area contributed by atoms with Gasteiger partial charge in [0.2, 0.25) is 5.91 Å². The van der Waals surface area contributed by atoms with Crippen molar-refractivity contribution in [3.63, 3.8) is 0 Å². The summed E-state index contributed by atoms with van der Waals surface area (Å²) in [6.45, 7) is -2.91. The molecular formula is C23H16F2N2O3S2. The van der Waals surface area contributed by atoms with E-state index in [2.05, 4.69) is 10.2 Å². The molecule has 162 valence electrons. The number of carbonyl (C=O) groups is 2. The third kappa shape index (κ3) is 4.95. The number of amides is 2. The van der Waals surface area contributed by atoms with Gasteiger partial charge < -0.3 is 4.74 Å². The molecule has 5 nitrogen and oxygen atoms in total. The number of alkyl halides is 2. The minimum absolute atomic E-state index is 0.0189. The number of halogens is 2. The van der Waals surface area contributed by atoms with E-state index in [4.69, 9.17) is 12.2 Å². The van der Waals surface area contributed by atoms with Crippen molar-refractivity contribution in [1.29, 1.82) is 0 Å². The van der Waals surface area contributed by atoms with Crippen molar-refractivity contribution in [3.8, 4) is 5.75 Å². The molecule has 1 fully saturated rings. The SMILES string of the molecule is O=C(Cc1cccc2ccccc12)NN1C(=O)/C(=C\c2ccc(OC(F)F)cc2)SC1=S. The largest absolute Gasteiger partial charge is 0.435 e. The van der Waals surface area contributed by atoms with Gasteiger partial charge in [-0.2, -0.15) is 13.8 Å². The van der Waals surface area contributed by atoms with Gasteiger partial charge in [0.1, 0.15) is 5.75 Å². The molecule has 3 aromatic carbocycles. The summed E-state index contributed by atoms with van der Waals surface area (Å²) in [5.41, 5.74) is 4.02. The highest BCUT2D eigenvalue weighted by molar-refractivity contribution is 8.26. The summed E-state index contributed by atoms with van der Waals surface area (Å²) in [6, 6.07) is 19.3. The maximum Gasteiger partial charge on any atom is 0.387 e. The number of thiocarbonyl (C=S) groups is 1. The number of hydrogen-bond acceptors (Lipinski definition) is 5. The lowest BCUT2D eigenvalue weighted by atomic mass is 10.0. The van der Waals surface area contributed by atoms with Crippen molar-refractivity contribution >= 4 is 57.0 Å².